The van der Waals surface area contributed by atoms with Crippen molar-refractivity contribution in [2.24, 2.45) is 11.8 Å². The maximum absolute atomic E-state index is 12.7. The van der Waals surface area contributed by atoms with Crippen LogP contribution in [0.1, 0.15) is 41.4 Å². The molecule has 5 heteroatoms. The molecule has 1 aromatic carbocycles. The lowest BCUT2D eigenvalue weighted by Gasteiger charge is -2.31. The lowest BCUT2D eigenvalue weighted by Crippen LogP contribution is -2.35. The number of carbonyl (C=O) groups is 1. The standard InChI is InChI=1S/C23H31NO4/c1-15-12-22(28-11-10-26-4)17(3)21-13-18(7-8-20(15)21)16(2)23(25)24-14-19-6-5-9-27-19/h5-6,9,12,16,18H,7-8,10-11,13-14H2,1-4H3,(H,24,25). The van der Waals surface area contributed by atoms with Crippen LogP contribution >= 0.6 is 0 Å². The van der Waals surface area contributed by atoms with Crippen molar-refractivity contribution in [3.05, 3.63) is 52.5 Å². The number of hydrogen-bond acceptors (Lipinski definition) is 4. The molecule has 0 saturated carbocycles. The molecule has 3 rings (SSSR count). The predicted molar refractivity (Wildman–Crippen MR) is 109 cm³/mol. The number of benzene rings is 1. The Bertz CT molecular complexity index is 797. The smallest absolute Gasteiger partial charge is 0.223 e. The second-order valence-corrected chi connectivity index (χ2v) is 7.70. The Morgan fingerprint density at radius 1 is 1.32 bits per heavy atom. The van der Waals surface area contributed by atoms with Gasteiger partial charge in [-0.1, -0.05) is 6.92 Å². The summed E-state index contributed by atoms with van der Waals surface area (Å²) in [7, 11) is 1.68. The average Bonchev–Trinajstić information content (AvgIpc) is 3.22. The van der Waals surface area contributed by atoms with E-state index in [1.165, 1.54) is 22.3 Å². The fourth-order valence-electron chi connectivity index (χ4n) is 4.10. The van der Waals surface area contributed by atoms with Crippen LogP contribution in [0.4, 0.5) is 0 Å². The monoisotopic (exact) mass is 385 g/mol. The predicted octanol–water partition coefficient (Wildman–Crippen LogP) is 3.98. The van der Waals surface area contributed by atoms with Crippen LogP contribution in [0.25, 0.3) is 0 Å². The quantitative estimate of drug-likeness (QED) is 0.698. The SMILES string of the molecule is COCCOc1cc(C)c2c(c1C)CC(C(C)C(=O)NCc1ccco1)CC2. The van der Waals surface area contributed by atoms with Crippen LogP contribution in [0, 0.1) is 25.7 Å². The van der Waals surface area contributed by atoms with Gasteiger partial charge in [0.1, 0.15) is 18.1 Å². The summed E-state index contributed by atoms with van der Waals surface area (Å²) in [5.74, 6) is 2.09. The Labute approximate surface area is 167 Å². The summed E-state index contributed by atoms with van der Waals surface area (Å²) in [6.07, 6.45) is 4.59. The third kappa shape index (κ3) is 4.58. The zero-order valence-electron chi connectivity index (χ0n) is 17.3. The zero-order valence-corrected chi connectivity index (χ0v) is 17.3. The van der Waals surface area contributed by atoms with Crippen LogP contribution < -0.4 is 10.1 Å². The molecule has 0 spiro atoms. The van der Waals surface area contributed by atoms with Gasteiger partial charge in [0.05, 0.1) is 19.4 Å². The van der Waals surface area contributed by atoms with E-state index in [1.807, 2.05) is 19.1 Å². The molecule has 1 amide bonds. The number of ether oxygens (including phenoxy) is 2. The van der Waals surface area contributed by atoms with E-state index in [4.69, 9.17) is 13.9 Å². The molecule has 28 heavy (non-hydrogen) atoms. The summed E-state index contributed by atoms with van der Waals surface area (Å²) in [5.41, 5.74) is 5.26. The van der Waals surface area contributed by atoms with E-state index in [9.17, 15) is 4.79 Å². The number of carbonyl (C=O) groups excluding carboxylic acids is 1. The number of hydrogen-bond donors (Lipinski definition) is 1. The van der Waals surface area contributed by atoms with Crippen molar-refractivity contribution in [3.8, 4) is 5.75 Å². The highest BCUT2D eigenvalue weighted by atomic mass is 16.5. The zero-order chi connectivity index (χ0) is 20.1. The number of amides is 1. The summed E-state index contributed by atoms with van der Waals surface area (Å²) in [6.45, 7) is 7.88. The Balaban J connectivity index is 1.68. The molecule has 1 aliphatic rings. The van der Waals surface area contributed by atoms with Crippen molar-refractivity contribution in [1.29, 1.82) is 0 Å². The second kappa shape index (κ2) is 9.28. The first-order valence-electron chi connectivity index (χ1n) is 10.0. The van der Waals surface area contributed by atoms with Gasteiger partial charge in [-0.05, 0) is 79.5 Å². The molecule has 1 N–H and O–H groups in total. The van der Waals surface area contributed by atoms with Gasteiger partial charge in [-0.15, -0.1) is 0 Å². The van der Waals surface area contributed by atoms with E-state index < -0.39 is 0 Å². The number of nitrogens with one attached hydrogen (secondary N) is 1. The first kappa shape index (κ1) is 20.5. The third-order valence-corrected chi connectivity index (χ3v) is 5.92. The van der Waals surface area contributed by atoms with Gasteiger partial charge in [0.2, 0.25) is 5.91 Å². The molecule has 0 radical (unpaired) electrons. The molecule has 1 aromatic heterocycles. The molecular formula is C23H31NO4. The summed E-state index contributed by atoms with van der Waals surface area (Å²) in [4.78, 5) is 12.7. The van der Waals surface area contributed by atoms with E-state index in [0.29, 0.717) is 25.7 Å². The van der Waals surface area contributed by atoms with Crippen molar-refractivity contribution < 1.29 is 18.7 Å². The molecule has 0 bridgehead atoms. The lowest BCUT2D eigenvalue weighted by atomic mass is 9.74. The minimum atomic E-state index is -0.0408. The fraction of sp³-hybridized carbons (Fsp3) is 0.522. The van der Waals surface area contributed by atoms with Crippen LogP contribution in [0.5, 0.6) is 5.75 Å². The Morgan fingerprint density at radius 3 is 2.86 bits per heavy atom. The van der Waals surface area contributed by atoms with E-state index >= 15 is 0 Å². The van der Waals surface area contributed by atoms with Crippen LogP contribution in [0.2, 0.25) is 0 Å². The van der Waals surface area contributed by atoms with E-state index in [-0.39, 0.29) is 11.8 Å². The molecule has 0 saturated heterocycles. The topological polar surface area (TPSA) is 60.7 Å². The molecule has 2 atom stereocenters. The van der Waals surface area contributed by atoms with Gasteiger partial charge < -0.3 is 19.2 Å². The molecule has 2 unspecified atom stereocenters. The van der Waals surface area contributed by atoms with Crippen molar-refractivity contribution in [1.82, 2.24) is 5.32 Å². The van der Waals surface area contributed by atoms with Gasteiger partial charge in [0, 0.05) is 13.0 Å². The van der Waals surface area contributed by atoms with Crippen LogP contribution in [-0.2, 0) is 28.9 Å². The maximum atomic E-state index is 12.7. The largest absolute Gasteiger partial charge is 0.491 e. The highest BCUT2D eigenvalue weighted by Gasteiger charge is 2.30. The van der Waals surface area contributed by atoms with Crippen molar-refractivity contribution in [2.45, 2.75) is 46.6 Å². The average molecular weight is 386 g/mol. The molecule has 1 heterocycles. The minimum absolute atomic E-state index is 0.0408. The number of rotatable bonds is 8. The molecule has 2 aromatic rings. The summed E-state index contributed by atoms with van der Waals surface area (Å²) in [5, 5.41) is 3.01. The number of methoxy groups -OCH3 is 1. The Kier molecular flexibility index (Phi) is 6.79. The van der Waals surface area contributed by atoms with Crippen molar-refractivity contribution in [2.75, 3.05) is 20.3 Å². The fourth-order valence-corrected chi connectivity index (χ4v) is 4.10. The van der Waals surface area contributed by atoms with Crippen LogP contribution in [0.15, 0.2) is 28.9 Å². The van der Waals surface area contributed by atoms with Gasteiger partial charge in [-0.3, -0.25) is 4.79 Å². The molecule has 5 nitrogen and oxygen atoms in total. The Hall–Kier alpha value is -2.27. The third-order valence-electron chi connectivity index (χ3n) is 5.92. The molecule has 152 valence electrons. The minimum Gasteiger partial charge on any atom is -0.491 e. The van der Waals surface area contributed by atoms with Gasteiger partial charge >= 0.3 is 0 Å². The highest BCUT2D eigenvalue weighted by molar-refractivity contribution is 5.78. The molecule has 1 aliphatic carbocycles. The molecular weight excluding hydrogens is 354 g/mol. The number of fused-ring (bicyclic) bond motifs is 1. The molecule has 0 aliphatic heterocycles. The summed E-state index contributed by atoms with van der Waals surface area (Å²) in [6, 6.07) is 5.85. The van der Waals surface area contributed by atoms with Crippen molar-refractivity contribution in [3.63, 3.8) is 0 Å². The maximum Gasteiger partial charge on any atom is 0.223 e. The van der Waals surface area contributed by atoms with Crippen LogP contribution in [-0.4, -0.2) is 26.2 Å². The normalized spacial score (nSPS) is 17.1. The number of furan rings is 1. The van der Waals surface area contributed by atoms with Gasteiger partial charge in [-0.2, -0.15) is 0 Å². The first-order chi connectivity index (χ1) is 13.5. The lowest BCUT2D eigenvalue weighted by molar-refractivity contribution is -0.126. The van der Waals surface area contributed by atoms with E-state index in [2.05, 4.69) is 25.2 Å². The first-order valence-corrected chi connectivity index (χ1v) is 10.0. The van der Waals surface area contributed by atoms with Gasteiger partial charge in [-0.25, -0.2) is 0 Å². The van der Waals surface area contributed by atoms with Crippen LogP contribution in [0.3, 0.4) is 0 Å². The highest BCUT2D eigenvalue weighted by Crippen LogP contribution is 2.37. The summed E-state index contributed by atoms with van der Waals surface area (Å²) >= 11 is 0. The van der Waals surface area contributed by atoms with E-state index in [1.54, 1.807) is 13.4 Å². The second-order valence-electron chi connectivity index (χ2n) is 7.70. The summed E-state index contributed by atoms with van der Waals surface area (Å²) < 4.78 is 16.3. The van der Waals surface area contributed by atoms with Crippen molar-refractivity contribution >= 4 is 5.91 Å². The van der Waals surface area contributed by atoms with Gasteiger partial charge in [0.25, 0.3) is 0 Å². The Morgan fingerprint density at radius 2 is 2.14 bits per heavy atom. The van der Waals surface area contributed by atoms with Gasteiger partial charge in [0.15, 0.2) is 0 Å². The van der Waals surface area contributed by atoms with E-state index in [0.717, 1.165) is 30.8 Å². The number of aryl methyl sites for hydroxylation is 1. The molecule has 0 fully saturated rings.